The minimum Gasteiger partial charge on any atom is -0.292 e. The summed E-state index contributed by atoms with van der Waals surface area (Å²) in [4.78, 5) is 12.7. The van der Waals surface area contributed by atoms with Gasteiger partial charge in [0.1, 0.15) is 5.92 Å². The highest BCUT2D eigenvalue weighted by Gasteiger charge is 2.24. The molecule has 0 aliphatic rings. The van der Waals surface area contributed by atoms with Gasteiger partial charge in [-0.2, -0.15) is 5.26 Å². The lowest BCUT2D eigenvalue weighted by molar-refractivity contribution is 0.0978. The molecule has 0 saturated carbocycles. The molecule has 0 amide bonds. The summed E-state index contributed by atoms with van der Waals surface area (Å²) in [6.07, 6.45) is 0. The number of benzene rings is 2. The van der Waals surface area contributed by atoms with Gasteiger partial charge in [0.2, 0.25) is 0 Å². The standard InChI is InChI=1S/C18H17NO/c1-12-8-6-10-16(14(12)3)18(20)17(11-19)15-9-5-4-7-13(15)2/h4-10,17H,1-3H3. The zero-order chi connectivity index (χ0) is 14.7. The first kappa shape index (κ1) is 14.0. The predicted molar refractivity (Wildman–Crippen MR) is 79.8 cm³/mol. The Balaban J connectivity index is 2.49. The van der Waals surface area contributed by atoms with Gasteiger partial charge in [-0.25, -0.2) is 0 Å². The lowest BCUT2D eigenvalue weighted by Crippen LogP contribution is -2.14. The second-order valence-electron chi connectivity index (χ2n) is 5.03. The molecule has 2 aromatic carbocycles. The molecule has 0 aliphatic heterocycles. The van der Waals surface area contributed by atoms with E-state index in [2.05, 4.69) is 6.07 Å². The molecule has 1 unspecified atom stereocenters. The highest BCUT2D eigenvalue weighted by molar-refractivity contribution is 6.04. The van der Waals surface area contributed by atoms with Crippen molar-refractivity contribution >= 4 is 5.78 Å². The van der Waals surface area contributed by atoms with Gasteiger partial charge in [0.15, 0.2) is 5.78 Å². The Morgan fingerprint density at radius 2 is 1.65 bits per heavy atom. The number of hydrogen-bond donors (Lipinski definition) is 0. The van der Waals surface area contributed by atoms with E-state index < -0.39 is 5.92 Å². The van der Waals surface area contributed by atoms with Crippen molar-refractivity contribution in [2.45, 2.75) is 26.7 Å². The Kier molecular flexibility index (Phi) is 4.00. The third-order valence-corrected chi connectivity index (χ3v) is 3.76. The number of carbonyl (C=O) groups is 1. The van der Waals surface area contributed by atoms with Gasteiger partial charge in [-0.1, -0.05) is 42.5 Å². The molecule has 0 saturated heterocycles. The van der Waals surface area contributed by atoms with Crippen LogP contribution in [0.1, 0.15) is 38.5 Å². The van der Waals surface area contributed by atoms with Crippen LogP contribution in [0.5, 0.6) is 0 Å². The van der Waals surface area contributed by atoms with Crippen LogP contribution in [0.4, 0.5) is 0 Å². The van der Waals surface area contributed by atoms with Crippen LogP contribution in [0.3, 0.4) is 0 Å². The largest absolute Gasteiger partial charge is 0.292 e. The Labute approximate surface area is 119 Å². The average Bonchev–Trinajstić information content (AvgIpc) is 2.44. The molecule has 0 fully saturated rings. The molecule has 2 nitrogen and oxygen atoms in total. The molecule has 0 bridgehead atoms. The van der Waals surface area contributed by atoms with Gasteiger partial charge in [-0.15, -0.1) is 0 Å². The van der Waals surface area contributed by atoms with Crippen molar-refractivity contribution in [3.8, 4) is 6.07 Å². The maximum atomic E-state index is 12.7. The number of hydrogen-bond acceptors (Lipinski definition) is 2. The predicted octanol–water partition coefficient (Wildman–Crippen LogP) is 4.10. The summed E-state index contributed by atoms with van der Waals surface area (Å²) in [5.41, 5.74) is 4.42. The van der Waals surface area contributed by atoms with E-state index in [1.807, 2.05) is 57.2 Å². The number of carbonyl (C=O) groups excluding carboxylic acids is 1. The summed E-state index contributed by atoms with van der Waals surface area (Å²) in [5, 5.41) is 9.43. The zero-order valence-corrected chi connectivity index (χ0v) is 12.0. The average molecular weight is 263 g/mol. The number of rotatable bonds is 3. The van der Waals surface area contributed by atoms with E-state index in [-0.39, 0.29) is 5.78 Å². The van der Waals surface area contributed by atoms with Crippen molar-refractivity contribution in [1.29, 1.82) is 5.26 Å². The van der Waals surface area contributed by atoms with E-state index in [9.17, 15) is 10.1 Å². The zero-order valence-electron chi connectivity index (χ0n) is 12.0. The van der Waals surface area contributed by atoms with Crippen LogP contribution in [-0.2, 0) is 0 Å². The third-order valence-electron chi connectivity index (χ3n) is 3.76. The highest BCUT2D eigenvalue weighted by atomic mass is 16.1. The lowest BCUT2D eigenvalue weighted by atomic mass is 9.87. The summed E-state index contributed by atoms with van der Waals surface area (Å²) in [7, 11) is 0. The molecule has 2 rings (SSSR count). The van der Waals surface area contributed by atoms with Crippen molar-refractivity contribution in [3.63, 3.8) is 0 Å². The number of Topliss-reactive ketones (excluding diaryl/α,β-unsaturated/α-hetero) is 1. The van der Waals surface area contributed by atoms with Gasteiger partial charge in [0, 0.05) is 5.56 Å². The van der Waals surface area contributed by atoms with E-state index in [1.54, 1.807) is 6.07 Å². The van der Waals surface area contributed by atoms with E-state index in [1.165, 1.54) is 0 Å². The van der Waals surface area contributed by atoms with E-state index in [0.717, 1.165) is 22.3 Å². The topological polar surface area (TPSA) is 40.9 Å². The van der Waals surface area contributed by atoms with Crippen molar-refractivity contribution < 1.29 is 4.79 Å². The number of nitriles is 1. The van der Waals surface area contributed by atoms with Crippen molar-refractivity contribution in [2.24, 2.45) is 0 Å². The number of nitrogens with zero attached hydrogens (tertiary/aromatic N) is 1. The first-order valence-electron chi connectivity index (χ1n) is 6.62. The summed E-state index contributed by atoms with van der Waals surface area (Å²) in [6.45, 7) is 5.83. The molecule has 0 aliphatic carbocycles. The third kappa shape index (κ3) is 2.48. The molecule has 2 aromatic rings. The van der Waals surface area contributed by atoms with Crippen molar-refractivity contribution in [1.82, 2.24) is 0 Å². The molecule has 1 atom stereocenters. The minimum absolute atomic E-state index is 0.122. The maximum Gasteiger partial charge on any atom is 0.184 e. The monoisotopic (exact) mass is 263 g/mol. The minimum atomic E-state index is -0.739. The van der Waals surface area contributed by atoms with Crippen molar-refractivity contribution in [3.05, 3.63) is 70.3 Å². The van der Waals surface area contributed by atoms with Crippen LogP contribution < -0.4 is 0 Å². The molecular weight excluding hydrogens is 246 g/mol. The molecular formula is C18H17NO. The molecule has 0 aromatic heterocycles. The number of aryl methyl sites for hydroxylation is 2. The Morgan fingerprint density at radius 3 is 2.30 bits per heavy atom. The Morgan fingerprint density at radius 1 is 1.00 bits per heavy atom. The first-order valence-corrected chi connectivity index (χ1v) is 6.62. The van der Waals surface area contributed by atoms with Gasteiger partial charge in [0.05, 0.1) is 6.07 Å². The summed E-state index contributed by atoms with van der Waals surface area (Å²) in [5.74, 6) is -0.861. The first-order chi connectivity index (χ1) is 9.56. The number of ketones is 1. The highest BCUT2D eigenvalue weighted by Crippen LogP contribution is 2.25. The quantitative estimate of drug-likeness (QED) is 0.782. The summed E-state index contributed by atoms with van der Waals surface area (Å²) >= 11 is 0. The fraction of sp³-hybridized carbons (Fsp3) is 0.222. The Bertz CT molecular complexity index is 695. The van der Waals surface area contributed by atoms with Gasteiger partial charge < -0.3 is 0 Å². The van der Waals surface area contributed by atoms with Crippen LogP contribution in [-0.4, -0.2) is 5.78 Å². The van der Waals surface area contributed by atoms with E-state index in [4.69, 9.17) is 0 Å². The molecule has 2 heteroatoms. The van der Waals surface area contributed by atoms with Crippen LogP contribution in [0.25, 0.3) is 0 Å². The van der Waals surface area contributed by atoms with Gasteiger partial charge >= 0.3 is 0 Å². The molecule has 0 heterocycles. The fourth-order valence-electron chi connectivity index (χ4n) is 2.35. The van der Waals surface area contributed by atoms with Gasteiger partial charge in [-0.05, 0) is 43.0 Å². The molecule has 100 valence electrons. The van der Waals surface area contributed by atoms with Crippen LogP contribution in [0, 0.1) is 32.1 Å². The van der Waals surface area contributed by atoms with Crippen LogP contribution in [0.2, 0.25) is 0 Å². The SMILES string of the molecule is Cc1ccccc1C(C#N)C(=O)c1cccc(C)c1C. The molecule has 0 spiro atoms. The van der Waals surface area contributed by atoms with Crippen LogP contribution >= 0.6 is 0 Å². The van der Waals surface area contributed by atoms with Gasteiger partial charge in [0.25, 0.3) is 0 Å². The van der Waals surface area contributed by atoms with Crippen LogP contribution in [0.15, 0.2) is 42.5 Å². The smallest absolute Gasteiger partial charge is 0.184 e. The lowest BCUT2D eigenvalue weighted by Gasteiger charge is -2.14. The normalized spacial score (nSPS) is 11.7. The fourth-order valence-corrected chi connectivity index (χ4v) is 2.35. The second kappa shape index (κ2) is 5.71. The van der Waals surface area contributed by atoms with Gasteiger partial charge in [-0.3, -0.25) is 4.79 Å². The Hall–Kier alpha value is -2.40. The molecule has 0 radical (unpaired) electrons. The second-order valence-corrected chi connectivity index (χ2v) is 5.03. The van der Waals surface area contributed by atoms with E-state index in [0.29, 0.717) is 5.56 Å². The van der Waals surface area contributed by atoms with Crippen molar-refractivity contribution in [2.75, 3.05) is 0 Å². The molecule has 0 N–H and O–H groups in total. The maximum absolute atomic E-state index is 12.7. The summed E-state index contributed by atoms with van der Waals surface area (Å²) in [6, 6.07) is 15.3. The molecule has 20 heavy (non-hydrogen) atoms. The van der Waals surface area contributed by atoms with E-state index >= 15 is 0 Å². The summed E-state index contributed by atoms with van der Waals surface area (Å²) < 4.78 is 0.